The summed E-state index contributed by atoms with van der Waals surface area (Å²) in [5, 5.41) is 0.366. The van der Waals surface area contributed by atoms with Gasteiger partial charge in [0.05, 0.1) is 6.04 Å². The molecule has 0 aromatic heterocycles. The molecule has 1 atom stereocenters. The molecule has 0 radical (unpaired) electrons. The number of hydrogen-bond acceptors (Lipinski definition) is 5. The minimum Gasteiger partial charge on any atom is -0.442 e. The van der Waals surface area contributed by atoms with Gasteiger partial charge in [0.15, 0.2) is 0 Å². The minimum absolute atomic E-state index is 0.142. The number of benzene rings is 1. The number of carbonyl (C=O) groups is 2. The van der Waals surface area contributed by atoms with Crippen molar-refractivity contribution in [3.8, 4) is 0 Å². The van der Waals surface area contributed by atoms with Crippen molar-refractivity contribution in [3.05, 3.63) is 35.9 Å². The summed E-state index contributed by atoms with van der Waals surface area (Å²) in [4.78, 5) is 23.7. The fourth-order valence-corrected chi connectivity index (χ4v) is 1.51. The normalized spacial score (nSPS) is 13.3. The number of imide groups is 1. The van der Waals surface area contributed by atoms with Crippen molar-refractivity contribution >= 4 is 12.0 Å². The van der Waals surface area contributed by atoms with E-state index in [0.717, 1.165) is 5.56 Å². The van der Waals surface area contributed by atoms with Gasteiger partial charge in [0.2, 0.25) is 0 Å². The second-order valence-corrected chi connectivity index (χ2v) is 5.13. The molecule has 4 N–H and O–H groups in total. The van der Waals surface area contributed by atoms with E-state index in [1.54, 1.807) is 13.8 Å². The van der Waals surface area contributed by atoms with Crippen molar-refractivity contribution in [2.75, 3.05) is 0 Å². The van der Waals surface area contributed by atoms with Crippen molar-refractivity contribution in [1.82, 2.24) is 5.01 Å². The van der Waals surface area contributed by atoms with Crippen LogP contribution in [0, 0.1) is 0 Å². The monoisotopic (exact) mass is 280 g/mol. The first-order valence-corrected chi connectivity index (χ1v) is 6.17. The predicted octanol–water partition coefficient (Wildman–Crippen LogP) is 1.19. The number of nitrogens with zero attached hydrogens (tertiary/aromatic N) is 1. The molecule has 0 unspecified atom stereocenters. The Kier molecular flexibility index (Phi) is 4.70. The lowest BCUT2D eigenvalue weighted by molar-refractivity contribution is -0.132. The van der Waals surface area contributed by atoms with Crippen LogP contribution in [-0.2, 0) is 16.0 Å². The first-order valence-electron chi connectivity index (χ1n) is 6.88. The summed E-state index contributed by atoms with van der Waals surface area (Å²) < 4.78 is 12.2. The van der Waals surface area contributed by atoms with E-state index < -0.39 is 23.6 Å². The third-order valence-electron chi connectivity index (χ3n) is 2.41. The maximum Gasteiger partial charge on any atom is 0.431 e. The maximum absolute atomic E-state index is 12.0. The molecule has 1 aromatic rings. The highest BCUT2D eigenvalue weighted by Crippen LogP contribution is 2.09. The van der Waals surface area contributed by atoms with Gasteiger partial charge in [0.1, 0.15) is 5.60 Å². The molecule has 6 nitrogen and oxygen atoms in total. The molecule has 0 saturated heterocycles. The Bertz CT molecular complexity index is 493. The van der Waals surface area contributed by atoms with Crippen LogP contribution in [0.25, 0.3) is 0 Å². The van der Waals surface area contributed by atoms with Crippen molar-refractivity contribution in [2.45, 2.75) is 38.8 Å². The highest BCUT2D eigenvalue weighted by Gasteiger charge is 2.28. The summed E-state index contributed by atoms with van der Waals surface area (Å²) in [7, 11) is 0. The number of nitrogens with two attached hydrogens (primary N) is 2. The summed E-state index contributed by atoms with van der Waals surface area (Å²) in [6.45, 7) is 2.97. The number of ether oxygens (including phenoxy) is 1. The Morgan fingerprint density at radius 2 is 2.00 bits per heavy atom. The van der Waals surface area contributed by atoms with Crippen molar-refractivity contribution in [3.63, 3.8) is 0 Å². The van der Waals surface area contributed by atoms with Crippen LogP contribution in [0.1, 0.15) is 27.7 Å². The summed E-state index contributed by atoms with van der Waals surface area (Å²) in [5.74, 6) is 4.71. The number of rotatable bonds is 3. The molecule has 0 saturated carbocycles. The van der Waals surface area contributed by atoms with Gasteiger partial charge in [-0.1, -0.05) is 30.3 Å². The Labute approximate surface area is 120 Å². The van der Waals surface area contributed by atoms with E-state index in [9.17, 15) is 9.59 Å². The molecule has 1 aromatic carbocycles. The second kappa shape index (κ2) is 6.49. The van der Waals surface area contributed by atoms with Crippen molar-refractivity contribution < 1.29 is 15.7 Å². The largest absolute Gasteiger partial charge is 0.442 e. The molecule has 2 amide bonds. The first-order chi connectivity index (χ1) is 9.76. The quantitative estimate of drug-likeness (QED) is 0.492. The molecule has 0 spiro atoms. The number of amides is 2. The highest BCUT2D eigenvalue weighted by molar-refractivity contribution is 5.94. The Balaban J connectivity index is 2.63. The van der Waals surface area contributed by atoms with Crippen molar-refractivity contribution in [1.29, 1.82) is 0 Å². The molecule has 110 valence electrons. The van der Waals surface area contributed by atoms with Gasteiger partial charge < -0.3 is 10.5 Å². The molecule has 1 rings (SSSR count). The van der Waals surface area contributed by atoms with Crippen LogP contribution in [0.15, 0.2) is 30.3 Å². The highest BCUT2D eigenvalue weighted by atomic mass is 16.6. The van der Waals surface area contributed by atoms with Gasteiger partial charge in [-0.15, -0.1) is 0 Å². The lowest BCUT2D eigenvalue weighted by atomic mass is 10.1. The van der Waals surface area contributed by atoms with Crippen LogP contribution in [0.5, 0.6) is 0 Å². The van der Waals surface area contributed by atoms with Gasteiger partial charge >= 0.3 is 6.09 Å². The Hall–Kier alpha value is -1.92. The molecular formula is C14H21N3O3. The van der Waals surface area contributed by atoms with Gasteiger partial charge in [0.25, 0.3) is 5.91 Å². The van der Waals surface area contributed by atoms with Crippen LogP contribution < -0.4 is 11.6 Å². The zero-order valence-electron chi connectivity index (χ0n) is 12.7. The van der Waals surface area contributed by atoms with Crippen LogP contribution in [0.2, 0.25) is 0 Å². The fourth-order valence-electron chi connectivity index (χ4n) is 1.51. The van der Waals surface area contributed by atoms with Crippen LogP contribution >= 0.6 is 0 Å². The van der Waals surface area contributed by atoms with E-state index >= 15 is 0 Å². The average Bonchev–Trinajstić information content (AvgIpc) is 2.46. The fraction of sp³-hybridized carbons (Fsp3) is 0.429. The predicted molar refractivity (Wildman–Crippen MR) is 75.4 cm³/mol. The van der Waals surface area contributed by atoms with Gasteiger partial charge in [-0.2, -0.15) is 5.01 Å². The molecule has 20 heavy (non-hydrogen) atoms. The third kappa shape index (κ3) is 4.99. The number of hydrogen-bond donors (Lipinski definition) is 2. The molecule has 0 aliphatic carbocycles. The molecule has 0 heterocycles. The second-order valence-electron chi connectivity index (χ2n) is 5.13. The standard InChI is InChI=1S/C14H21N3O3/c1-14(2,3)20-13(19)17(16)12(18)11(15)9-10-7-5-4-6-8-10/h4-8,11H,9,15-16H2,1-3H3/t11-/m0/s1/i1D. The van der Waals surface area contributed by atoms with E-state index in [1.807, 2.05) is 30.3 Å². The van der Waals surface area contributed by atoms with E-state index in [2.05, 4.69) is 0 Å². The van der Waals surface area contributed by atoms with Gasteiger partial charge in [-0.05, 0) is 32.7 Å². The van der Waals surface area contributed by atoms with Gasteiger partial charge in [0, 0.05) is 1.37 Å². The lowest BCUT2D eigenvalue weighted by Crippen LogP contribution is -2.52. The number of carbonyl (C=O) groups excluding carboxylic acids is 2. The third-order valence-corrected chi connectivity index (χ3v) is 2.41. The summed E-state index contributed by atoms with van der Waals surface area (Å²) in [5.41, 5.74) is 5.62. The van der Waals surface area contributed by atoms with E-state index in [1.165, 1.54) is 0 Å². The van der Waals surface area contributed by atoms with E-state index in [-0.39, 0.29) is 13.3 Å². The Morgan fingerprint density at radius 1 is 1.40 bits per heavy atom. The molecule has 0 aliphatic rings. The Morgan fingerprint density at radius 3 is 2.55 bits per heavy atom. The maximum atomic E-state index is 12.0. The molecule has 0 bridgehead atoms. The lowest BCUT2D eigenvalue weighted by Gasteiger charge is -2.24. The average molecular weight is 280 g/mol. The van der Waals surface area contributed by atoms with E-state index in [4.69, 9.17) is 17.7 Å². The van der Waals surface area contributed by atoms with Crippen LogP contribution in [0.4, 0.5) is 4.79 Å². The molecular weight excluding hydrogens is 258 g/mol. The zero-order valence-corrected chi connectivity index (χ0v) is 11.7. The van der Waals surface area contributed by atoms with Gasteiger partial charge in [-0.25, -0.2) is 10.6 Å². The molecule has 0 fully saturated rings. The zero-order chi connectivity index (χ0) is 16.0. The number of hydrazine groups is 1. The van der Waals surface area contributed by atoms with Crippen molar-refractivity contribution in [2.24, 2.45) is 11.6 Å². The minimum atomic E-state index is -1.02. The first kappa shape index (κ1) is 14.5. The van der Waals surface area contributed by atoms with Crippen LogP contribution in [0.3, 0.4) is 0 Å². The smallest absolute Gasteiger partial charge is 0.431 e. The molecule has 0 aliphatic heterocycles. The summed E-state index contributed by atoms with van der Waals surface area (Å²) in [6, 6.07) is 8.23. The van der Waals surface area contributed by atoms with Crippen LogP contribution in [-0.4, -0.2) is 28.7 Å². The summed E-state index contributed by atoms with van der Waals surface area (Å²) in [6.07, 6.45) is -0.747. The summed E-state index contributed by atoms with van der Waals surface area (Å²) >= 11 is 0. The van der Waals surface area contributed by atoms with Gasteiger partial charge in [-0.3, -0.25) is 4.79 Å². The van der Waals surface area contributed by atoms with E-state index in [0.29, 0.717) is 5.01 Å². The molecule has 6 heteroatoms. The SMILES string of the molecule is [2H]CC(C)(C)OC(=O)N(N)C(=O)[C@@H](N)Cc1ccccc1. The topological polar surface area (TPSA) is 98.6 Å².